The smallest absolute Gasteiger partial charge is 0.182 e. The van der Waals surface area contributed by atoms with E-state index in [1.165, 1.54) is 11.2 Å². The molecule has 1 aromatic heterocycles. The number of aryl methyl sites for hydroxylation is 1. The summed E-state index contributed by atoms with van der Waals surface area (Å²) in [6, 6.07) is 0. The van der Waals surface area contributed by atoms with Crippen molar-refractivity contribution >= 4 is 5.78 Å². The predicted octanol–water partition coefficient (Wildman–Crippen LogP) is 0.758. The molecule has 1 fully saturated rings. The lowest BCUT2D eigenvalue weighted by Gasteiger charge is -2.05. The van der Waals surface area contributed by atoms with E-state index < -0.39 is 0 Å². The molecule has 5 heteroatoms. The van der Waals surface area contributed by atoms with Crippen molar-refractivity contribution in [3.63, 3.8) is 0 Å². The van der Waals surface area contributed by atoms with Gasteiger partial charge in [0.05, 0.1) is 13.5 Å². The summed E-state index contributed by atoms with van der Waals surface area (Å²) in [6.45, 7) is 2.20. The normalized spacial score (nSPS) is 25.7. The molecule has 0 N–H and O–H groups in total. The minimum atomic E-state index is 0.226. The highest BCUT2D eigenvalue weighted by molar-refractivity contribution is 5.82. The quantitative estimate of drug-likeness (QED) is 0.735. The van der Waals surface area contributed by atoms with E-state index in [1.807, 2.05) is 0 Å². The van der Waals surface area contributed by atoms with Gasteiger partial charge in [0.15, 0.2) is 5.82 Å². The third-order valence-electron chi connectivity index (χ3n) is 3.03. The minimum Gasteiger partial charge on any atom is -0.299 e. The molecule has 1 aliphatic carbocycles. The maximum Gasteiger partial charge on any atom is 0.182 e. The van der Waals surface area contributed by atoms with E-state index in [0.717, 1.165) is 12.8 Å². The van der Waals surface area contributed by atoms with Gasteiger partial charge in [0, 0.05) is 5.92 Å². The molecule has 1 aromatic rings. The Balaban J connectivity index is 1.92. The average molecular weight is 208 g/mol. The molecular formula is C10H16N4O. The van der Waals surface area contributed by atoms with Gasteiger partial charge in [0.1, 0.15) is 5.78 Å². The predicted molar refractivity (Wildman–Crippen MR) is 54.0 cm³/mol. The number of ketones is 1. The summed E-state index contributed by atoms with van der Waals surface area (Å²) >= 11 is 0. The van der Waals surface area contributed by atoms with E-state index in [1.54, 1.807) is 7.05 Å². The number of hydrogen-bond donors (Lipinski definition) is 0. The first-order chi connectivity index (χ1) is 7.15. The van der Waals surface area contributed by atoms with Gasteiger partial charge < -0.3 is 0 Å². The van der Waals surface area contributed by atoms with Crippen LogP contribution in [0.4, 0.5) is 0 Å². The van der Waals surface area contributed by atoms with Gasteiger partial charge >= 0.3 is 0 Å². The van der Waals surface area contributed by atoms with Crippen molar-refractivity contribution in [2.45, 2.75) is 32.6 Å². The van der Waals surface area contributed by atoms with Gasteiger partial charge in [-0.1, -0.05) is 6.92 Å². The second-order valence-electron chi connectivity index (χ2n) is 4.45. The molecule has 1 aliphatic rings. The molecule has 0 amide bonds. The van der Waals surface area contributed by atoms with Crippen molar-refractivity contribution in [2.75, 3.05) is 0 Å². The molecule has 0 bridgehead atoms. The van der Waals surface area contributed by atoms with Gasteiger partial charge in [0.2, 0.25) is 0 Å². The lowest BCUT2D eigenvalue weighted by Crippen LogP contribution is -2.15. The Kier molecular flexibility index (Phi) is 2.79. The number of rotatable bonds is 3. The van der Waals surface area contributed by atoms with E-state index in [2.05, 4.69) is 22.3 Å². The highest BCUT2D eigenvalue weighted by Crippen LogP contribution is 2.31. The summed E-state index contributed by atoms with van der Waals surface area (Å²) in [6.07, 6.45) is 3.56. The van der Waals surface area contributed by atoms with Crippen LogP contribution in [-0.2, 0) is 18.3 Å². The Morgan fingerprint density at radius 3 is 2.87 bits per heavy atom. The fourth-order valence-corrected chi connectivity index (χ4v) is 2.19. The second-order valence-corrected chi connectivity index (χ2v) is 4.45. The molecule has 0 saturated heterocycles. The van der Waals surface area contributed by atoms with E-state index in [0.29, 0.717) is 18.2 Å². The standard InChI is InChI=1S/C10H16N4O/c1-7-3-4-8(5-7)9(15)6-10-11-13-14(2)12-10/h7-8H,3-6H2,1-2H3. The maximum atomic E-state index is 11.9. The third kappa shape index (κ3) is 2.40. The second kappa shape index (κ2) is 4.08. The highest BCUT2D eigenvalue weighted by Gasteiger charge is 2.27. The number of Topliss-reactive ketones (excluding diaryl/α,β-unsaturated/α-hetero) is 1. The van der Waals surface area contributed by atoms with Gasteiger partial charge in [-0.15, -0.1) is 10.2 Å². The third-order valence-corrected chi connectivity index (χ3v) is 3.03. The fraction of sp³-hybridized carbons (Fsp3) is 0.800. The zero-order valence-corrected chi connectivity index (χ0v) is 9.18. The molecule has 5 nitrogen and oxygen atoms in total. The molecule has 2 rings (SSSR count). The summed E-state index contributed by atoms with van der Waals surface area (Å²) in [7, 11) is 1.71. The first-order valence-corrected chi connectivity index (χ1v) is 5.40. The lowest BCUT2D eigenvalue weighted by molar-refractivity contribution is -0.122. The SMILES string of the molecule is CC1CCC(C(=O)Cc2nnn(C)n2)C1. The molecule has 1 saturated carbocycles. The Morgan fingerprint density at radius 1 is 1.53 bits per heavy atom. The minimum absolute atomic E-state index is 0.226. The molecule has 2 atom stereocenters. The van der Waals surface area contributed by atoms with Crippen molar-refractivity contribution < 1.29 is 4.79 Å². The van der Waals surface area contributed by atoms with Crippen LogP contribution in [0.15, 0.2) is 0 Å². The summed E-state index contributed by atoms with van der Waals surface area (Å²) < 4.78 is 0. The van der Waals surface area contributed by atoms with Crippen LogP contribution in [0.1, 0.15) is 32.0 Å². The van der Waals surface area contributed by atoms with Crippen LogP contribution >= 0.6 is 0 Å². The number of carbonyl (C=O) groups is 1. The number of carbonyl (C=O) groups excluding carboxylic acids is 1. The van der Waals surface area contributed by atoms with Gasteiger partial charge in [-0.3, -0.25) is 4.79 Å². The number of aromatic nitrogens is 4. The fourth-order valence-electron chi connectivity index (χ4n) is 2.19. The van der Waals surface area contributed by atoms with Crippen molar-refractivity contribution in [1.29, 1.82) is 0 Å². The van der Waals surface area contributed by atoms with Gasteiger partial charge in [-0.05, 0) is 30.4 Å². The van der Waals surface area contributed by atoms with Crippen molar-refractivity contribution in [1.82, 2.24) is 20.2 Å². The van der Waals surface area contributed by atoms with E-state index in [4.69, 9.17) is 0 Å². The molecule has 1 heterocycles. The maximum absolute atomic E-state index is 11.9. The first kappa shape index (κ1) is 10.3. The van der Waals surface area contributed by atoms with Crippen LogP contribution in [0.3, 0.4) is 0 Å². The molecule has 15 heavy (non-hydrogen) atoms. The highest BCUT2D eigenvalue weighted by atomic mass is 16.1. The lowest BCUT2D eigenvalue weighted by atomic mass is 9.99. The largest absolute Gasteiger partial charge is 0.299 e. The summed E-state index contributed by atoms with van der Waals surface area (Å²) in [5, 5.41) is 11.6. The Morgan fingerprint density at radius 2 is 2.33 bits per heavy atom. The van der Waals surface area contributed by atoms with Crippen molar-refractivity contribution in [2.24, 2.45) is 18.9 Å². The Labute approximate surface area is 88.9 Å². The number of nitrogens with zero attached hydrogens (tertiary/aromatic N) is 4. The summed E-state index contributed by atoms with van der Waals surface area (Å²) in [4.78, 5) is 13.2. The molecule has 0 aliphatic heterocycles. The number of hydrogen-bond acceptors (Lipinski definition) is 4. The van der Waals surface area contributed by atoms with Crippen LogP contribution in [0, 0.1) is 11.8 Å². The van der Waals surface area contributed by atoms with Crippen LogP contribution in [0.2, 0.25) is 0 Å². The van der Waals surface area contributed by atoms with Gasteiger partial charge in [-0.2, -0.15) is 4.80 Å². The van der Waals surface area contributed by atoms with Gasteiger partial charge in [-0.25, -0.2) is 0 Å². The zero-order chi connectivity index (χ0) is 10.8. The van der Waals surface area contributed by atoms with Crippen LogP contribution in [-0.4, -0.2) is 26.0 Å². The Bertz CT molecular complexity index is 360. The molecule has 82 valence electrons. The Hall–Kier alpha value is -1.26. The average Bonchev–Trinajstić information content (AvgIpc) is 2.75. The van der Waals surface area contributed by atoms with E-state index >= 15 is 0 Å². The molecule has 0 aromatic carbocycles. The van der Waals surface area contributed by atoms with Crippen LogP contribution < -0.4 is 0 Å². The molecule has 0 spiro atoms. The van der Waals surface area contributed by atoms with Crippen LogP contribution in [0.25, 0.3) is 0 Å². The monoisotopic (exact) mass is 208 g/mol. The van der Waals surface area contributed by atoms with E-state index in [9.17, 15) is 4.79 Å². The summed E-state index contributed by atoms with van der Waals surface area (Å²) in [5.74, 6) is 1.73. The summed E-state index contributed by atoms with van der Waals surface area (Å²) in [5.41, 5.74) is 0. The molecular weight excluding hydrogens is 192 g/mol. The molecule has 0 radical (unpaired) electrons. The van der Waals surface area contributed by atoms with Crippen molar-refractivity contribution in [3.8, 4) is 0 Å². The number of tetrazole rings is 1. The van der Waals surface area contributed by atoms with Crippen molar-refractivity contribution in [3.05, 3.63) is 5.82 Å². The first-order valence-electron chi connectivity index (χ1n) is 5.40. The van der Waals surface area contributed by atoms with Gasteiger partial charge in [0.25, 0.3) is 0 Å². The van der Waals surface area contributed by atoms with Crippen LogP contribution in [0.5, 0.6) is 0 Å². The molecule has 2 unspecified atom stereocenters. The van der Waals surface area contributed by atoms with E-state index in [-0.39, 0.29) is 11.7 Å². The topological polar surface area (TPSA) is 60.7 Å². The zero-order valence-electron chi connectivity index (χ0n) is 9.18.